The average Bonchev–Trinajstić information content (AvgIpc) is 2.61. The van der Waals surface area contributed by atoms with Crippen molar-refractivity contribution in [1.29, 1.82) is 0 Å². The van der Waals surface area contributed by atoms with E-state index >= 15 is 0 Å². The van der Waals surface area contributed by atoms with Gasteiger partial charge in [-0.2, -0.15) is 0 Å². The molecule has 5 heteroatoms. The third-order valence-corrected chi connectivity index (χ3v) is 3.86. The van der Waals surface area contributed by atoms with Gasteiger partial charge in [-0.05, 0) is 24.3 Å². The lowest BCUT2D eigenvalue weighted by molar-refractivity contribution is -0.137. The molecule has 26 heavy (non-hydrogen) atoms. The summed E-state index contributed by atoms with van der Waals surface area (Å²) >= 11 is 0. The maximum Gasteiger partial charge on any atom is 0.313 e. The van der Waals surface area contributed by atoms with Crippen LogP contribution in [0.2, 0.25) is 0 Å². The fourth-order valence-corrected chi connectivity index (χ4v) is 2.53. The maximum atomic E-state index is 12.1. The minimum atomic E-state index is -0.284. The summed E-state index contributed by atoms with van der Waals surface area (Å²) in [5.74, 6) is -0.129. The summed E-state index contributed by atoms with van der Waals surface area (Å²) < 4.78 is 5.59. The lowest BCUT2D eigenvalue weighted by atomic mass is 10.1. The Labute approximate surface area is 152 Å². The third-order valence-electron chi connectivity index (χ3n) is 3.86. The van der Waals surface area contributed by atoms with Crippen LogP contribution in [0.5, 0.6) is 5.75 Å². The molecule has 5 nitrogen and oxygen atoms in total. The molecule has 2 aromatic carbocycles. The molecule has 3 rings (SSSR count). The molecule has 0 unspecified atom stereocenters. The minimum absolute atomic E-state index is 0.121. The topological polar surface area (TPSA) is 68.3 Å². The number of pyridine rings is 1. The van der Waals surface area contributed by atoms with Crippen LogP contribution in [0.25, 0.3) is 22.2 Å². The number of esters is 1. The number of fused-ring (bicyclic) bond motifs is 1. The first kappa shape index (κ1) is 17.6. The molecule has 0 bridgehead atoms. The number of carbonyl (C=O) groups is 2. The fraction of sp³-hybridized carbons (Fsp3) is 0.190. The highest BCUT2D eigenvalue weighted by Crippen LogP contribution is 2.31. The molecule has 132 valence electrons. The molecule has 0 spiro atoms. The SMILES string of the molecule is CC(=O)Nc1ccc(-c2cc(OC(=O)C(C)C)c3ccccc3n2)cc1. The molecule has 1 heterocycles. The van der Waals surface area contributed by atoms with Crippen molar-refractivity contribution in [3.05, 3.63) is 54.6 Å². The molecule has 0 atom stereocenters. The van der Waals surface area contributed by atoms with Gasteiger partial charge in [0.05, 0.1) is 17.1 Å². The Morgan fingerprint density at radius 2 is 1.73 bits per heavy atom. The predicted molar refractivity (Wildman–Crippen MR) is 102 cm³/mol. The van der Waals surface area contributed by atoms with Crippen LogP contribution < -0.4 is 10.1 Å². The van der Waals surface area contributed by atoms with Gasteiger partial charge in [-0.15, -0.1) is 0 Å². The van der Waals surface area contributed by atoms with E-state index in [0.29, 0.717) is 17.1 Å². The molecule has 1 N–H and O–H groups in total. The molecule has 3 aromatic rings. The molecular formula is C21H20N2O3. The lowest BCUT2D eigenvalue weighted by Gasteiger charge is -2.12. The molecule has 0 aliphatic carbocycles. The Morgan fingerprint density at radius 1 is 1.04 bits per heavy atom. The third kappa shape index (κ3) is 3.88. The van der Waals surface area contributed by atoms with Crippen LogP contribution in [0.1, 0.15) is 20.8 Å². The van der Waals surface area contributed by atoms with Gasteiger partial charge in [-0.1, -0.05) is 38.1 Å². The van der Waals surface area contributed by atoms with Crippen molar-refractivity contribution < 1.29 is 14.3 Å². The quantitative estimate of drug-likeness (QED) is 0.709. The first-order valence-corrected chi connectivity index (χ1v) is 8.43. The second-order valence-corrected chi connectivity index (χ2v) is 6.36. The van der Waals surface area contributed by atoms with Crippen molar-refractivity contribution >= 4 is 28.5 Å². The molecule has 0 fully saturated rings. The Balaban J connectivity index is 2.03. The van der Waals surface area contributed by atoms with Crippen molar-refractivity contribution in [2.75, 3.05) is 5.32 Å². The molecule has 0 saturated carbocycles. The highest BCUT2D eigenvalue weighted by molar-refractivity contribution is 5.91. The molecular weight excluding hydrogens is 328 g/mol. The molecule has 0 aliphatic rings. The summed E-state index contributed by atoms with van der Waals surface area (Å²) in [5.41, 5.74) is 3.03. The van der Waals surface area contributed by atoms with Crippen LogP contribution in [0.3, 0.4) is 0 Å². The van der Waals surface area contributed by atoms with Gasteiger partial charge < -0.3 is 10.1 Å². The summed E-state index contributed by atoms with van der Waals surface area (Å²) in [6.45, 7) is 5.06. The summed E-state index contributed by atoms with van der Waals surface area (Å²) in [6.07, 6.45) is 0. The number of hydrogen-bond donors (Lipinski definition) is 1. The monoisotopic (exact) mass is 348 g/mol. The second kappa shape index (κ2) is 7.35. The number of anilines is 1. The average molecular weight is 348 g/mol. The van der Waals surface area contributed by atoms with Gasteiger partial charge in [0.15, 0.2) is 0 Å². The zero-order chi connectivity index (χ0) is 18.7. The zero-order valence-electron chi connectivity index (χ0n) is 14.9. The highest BCUT2D eigenvalue weighted by atomic mass is 16.5. The van der Waals surface area contributed by atoms with E-state index in [1.807, 2.05) is 48.5 Å². The van der Waals surface area contributed by atoms with Gasteiger partial charge in [0.1, 0.15) is 5.75 Å². The standard InChI is InChI=1S/C21H20N2O3/c1-13(2)21(25)26-20-12-19(23-18-7-5-4-6-17(18)20)15-8-10-16(11-9-15)22-14(3)24/h4-13H,1-3H3,(H,22,24). The van der Waals surface area contributed by atoms with Gasteiger partial charge in [0.2, 0.25) is 5.91 Å². The normalized spacial score (nSPS) is 10.8. The van der Waals surface area contributed by atoms with Crippen LogP contribution in [-0.2, 0) is 9.59 Å². The number of nitrogens with zero attached hydrogens (tertiary/aromatic N) is 1. The van der Waals surface area contributed by atoms with E-state index in [2.05, 4.69) is 10.3 Å². The van der Waals surface area contributed by atoms with E-state index in [4.69, 9.17) is 4.74 Å². The van der Waals surface area contributed by atoms with E-state index in [1.165, 1.54) is 6.92 Å². The molecule has 0 aliphatic heterocycles. The molecule has 0 saturated heterocycles. The van der Waals surface area contributed by atoms with Gasteiger partial charge in [-0.3, -0.25) is 9.59 Å². The van der Waals surface area contributed by atoms with Crippen LogP contribution in [0.15, 0.2) is 54.6 Å². The Bertz CT molecular complexity index is 963. The van der Waals surface area contributed by atoms with Crippen molar-refractivity contribution in [2.45, 2.75) is 20.8 Å². The number of amides is 1. The number of ether oxygens (including phenoxy) is 1. The van der Waals surface area contributed by atoms with Crippen LogP contribution in [-0.4, -0.2) is 16.9 Å². The van der Waals surface area contributed by atoms with Crippen molar-refractivity contribution in [1.82, 2.24) is 4.98 Å². The molecule has 0 radical (unpaired) electrons. The zero-order valence-corrected chi connectivity index (χ0v) is 14.9. The number of hydrogen-bond acceptors (Lipinski definition) is 4. The number of para-hydroxylation sites is 1. The highest BCUT2D eigenvalue weighted by Gasteiger charge is 2.14. The number of aromatic nitrogens is 1. The van der Waals surface area contributed by atoms with E-state index < -0.39 is 0 Å². The van der Waals surface area contributed by atoms with E-state index in [1.54, 1.807) is 19.9 Å². The van der Waals surface area contributed by atoms with Crippen LogP contribution in [0, 0.1) is 5.92 Å². The lowest BCUT2D eigenvalue weighted by Crippen LogP contribution is -2.15. The van der Waals surface area contributed by atoms with Crippen molar-refractivity contribution in [3.63, 3.8) is 0 Å². The van der Waals surface area contributed by atoms with Crippen molar-refractivity contribution in [3.8, 4) is 17.0 Å². The summed E-state index contributed by atoms with van der Waals surface area (Å²) in [5, 5.41) is 3.53. The van der Waals surface area contributed by atoms with Crippen LogP contribution >= 0.6 is 0 Å². The predicted octanol–water partition coefficient (Wildman–Crippen LogP) is 4.42. The summed E-state index contributed by atoms with van der Waals surface area (Å²) in [6, 6.07) is 16.7. The van der Waals surface area contributed by atoms with Gasteiger partial charge in [0, 0.05) is 29.6 Å². The van der Waals surface area contributed by atoms with Crippen molar-refractivity contribution in [2.24, 2.45) is 5.92 Å². The number of benzene rings is 2. The summed E-state index contributed by atoms with van der Waals surface area (Å²) in [4.78, 5) is 27.9. The minimum Gasteiger partial charge on any atom is -0.426 e. The number of carbonyl (C=O) groups excluding carboxylic acids is 2. The van der Waals surface area contributed by atoms with Gasteiger partial charge in [0.25, 0.3) is 0 Å². The number of rotatable bonds is 4. The fourth-order valence-electron chi connectivity index (χ4n) is 2.53. The Kier molecular flexibility index (Phi) is 4.98. The van der Waals surface area contributed by atoms with E-state index in [-0.39, 0.29) is 17.8 Å². The first-order valence-electron chi connectivity index (χ1n) is 8.43. The van der Waals surface area contributed by atoms with Gasteiger partial charge in [-0.25, -0.2) is 4.98 Å². The largest absolute Gasteiger partial charge is 0.426 e. The Morgan fingerprint density at radius 3 is 2.38 bits per heavy atom. The summed E-state index contributed by atoms with van der Waals surface area (Å²) in [7, 11) is 0. The number of nitrogens with one attached hydrogen (secondary N) is 1. The van der Waals surface area contributed by atoms with Crippen LogP contribution in [0.4, 0.5) is 5.69 Å². The molecule has 1 amide bonds. The first-order chi connectivity index (χ1) is 12.4. The smallest absolute Gasteiger partial charge is 0.313 e. The van der Waals surface area contributed by atoms with E-state index in [9.17, 15) is 9.59 Å². The second-order valence-electron chi connectivity index (χ2n) is 6.36. The Hall–Kier alpha value is -3.21. The maximum absolute atomic E-state index is 12.1. The van der Waals surface area contributed by atoms with E-state index in [0.717, 1.165) is 16.5 Å². The van der Waals surface area contributed by atoms with Gasteiger partial charge >= 0.3 is 5.97 Å². The molecule has 1 aromatic heterocycles.